The van der Waals surface area contributed by atoms with Crippen molar-refractivity contribution in [3.05, 3.63) is 69.9 Å². The maximum Gasteiger partial charge on any atom is 0.277 e. The Morgan fingerprint density at radius 2 is 1.84 bits per heavy atom. The Balaban J connectivity index is 1.57. The van der Waals surface area contributed by atoms with Gasteiger partial charge < -0.3 is 14.5 Å². The van der Waals surface area contributed by atoms with E-state index in [0.29, 0.717) is 79.5 Å². The minimum Gasteiger partial charge on any atom is -0.493 e. The molecule has 1 N–H and O–H groups in total. The summed E-state index contributed by atoms with van der Waals surface area (Å²) in [5.41, 5.74) is 2.18. The molecule has 11 nitrogen and oxygen atoms in total. The maximum atomic E-state index is 14.3. The van der Waals surface area contributed by atoms with E-state index in [4.69, 9.17) is 14.5 Å². The minimum absolute atomic E-state index is 0.0307. The Labute approximate surface area is 256 Å². The van der Waals surface area contributed by atoms with Gasteiger partial charge >= 0.3 is 0 Å². The lowest BCUT2D eigenvalue weighted by molar-refractivity contribution is 0.0361. The van der Waals surface area contributed by atoms with Gasteiger partial charge in [-0.1, -0.05) is 32.4 Å². The van der Waals surface area contributed by atoms with Crippen LogP contribution in [0, 0.1) is 5.82 Å². The highest BCUT2D eigenvalue weighted by atomic mass is 32.2. The second-order valence-electron chi connectivity index (χ2n) is 10.9. The number of fused-ring (bicyclic) bond motifs is 1. The number of benzene rings is 2. The molecule has 44 heavy (non-hydrogen) atoms. The van der Waals surface area contributed by atoms with E-state index in [1.807, 2.05) is 13.8 Å². The molecule has 1 aliphatic rings. The molecule has 5 rings (SSSR count). The zero-order valence-corrected chi connectivity index (χ0v) is 26.2. The number of ether oxygens (including phenoxy) is 2. The molecule has 3 heterocycles. The van der Waals surface area contributed by atoms with Crippen molar-refractivity contribution in [2.75, 3.05) is 46.0 Å². The molecule has 0 radical (unpaired) electrons. The van der Waals surface area contributed by atoms with Crippen LogP contribution in [-0.4, -0.2) is 83.4 Å². The average Bonchev–Trinajstić information content (AvgIpc) is 3.34. The molecule has 2 aromatic carbocycles. The Morgan fingerprint density at radius 3 is 2.55 bits per heavy atom. The highest BCUT2D eigenvalue weighted by Gasteiger charge is 2.28. The van der Waals surface area contributed by atoms with Crippen LogP contribution >= 0.6 is 0 Å². The van der Waals surface area contributed by atoms with Crippen molar-refractivity contribution in [3.63, 3.8) is 0 Å². The van der Waals surface area contributed by atoms with Gasteiger partial charge in [-0.15, -0.1) is 0 Å². The summed E-state index contributed by atoms with van der Waals surface area (Å²) < 4.78 is 56.5. The van der Waals surface area contributed by atoms with Gasteiger partial charge in [0.2, 0.25) is 10.0 Å². The lowest BCUT2D eigenvalue weighted by Gasteiger charge is -2.30. The molecule has 1 fully saturated rings. The van der Waals surface area contributed by atoms with E-state index in [9.17, 15) is 17.6 Å². The van der Waals surface area contributed by atoms with Crippen LogP contribution in [0.15, 0.2) is 52.2 Å². The number of aromatic amines is 1. The number of halogens is 1. The summed E-state index contributed by atoms with van der Waals surface area (Å²) >= 11 is 0. The van der Waals surface area contributed by atoms with Gasteiger partial charge in [0.05, 0.1) is 36.0 Å². The van der Waals surface area contributed by atoms with Crippen LogP contribution in [-0.2, 0) is 34.8 Å². The Kier molecular flexibility index (Phi) is 10.1. The molecule has 0 amide bonds. The summed E-state index contributed by atoms with van der Waals surface area (Å²) in [5.74, 6) is 0.222. The second-order valence-corrected chi connectivity index (χ2v) is 12.8. The van der Waals surface area contributed by atoms with Gasteiger partial charge in [0.25, 0.3) is 5.56 Å². The normalized spacial score (nSPS) is 14.5. The topological polar surface area (TPSA) is 123 Å². The zero-order valence-electron chi connectivity index (χ0n) is 25.4. The number of morpholine rings is 1. The van der Waals surface area contributed by atoms with E-state index in [1.54, 1.807) is 25.2 Å². The Hall–Kier alpha value is -3.65. The number of hydrogen-bond acceptors (Lipinski definition) is 8. The highest BCUT2D eigenvalue weighted by molar-refractivity contribution is 7.89. The number of nitrogens with zero attached hydrogens (tertiary/aromatic N) is 5. The number of aryl methyl sites for hydroxylation is 2. The largest absolute Gasteiger partial charge is 0.493 e. The minimum atomic E-state index is -4.05. The first-order valence-electron chi connectivity index (χ1n) is 15.0. The van der Waals surface area contributed by atoms with Crippen molar-refractivity contribution >= 4 is 21.1 Å². The molecule has 0 unspecified atom stereocenters. The van der Waals surface area contributed by atoms with Gasteiger partial charge in [0, 0.05) is 39.8 Å². The van der Waals surface area contributed by atoms with E-state index in [-0.39, 0.29) is 29.4 Å². The van der Waals surface area contributed by atoms with E-state index >= 15 is 0 Å². The molecular formula is C31H39FN6O5S. The number of sulfonamides is 1. The van der Waals surface area contributed by atoms with Gasteiger partial charge in [0.15, 0.2) is 5.52 Å². The lowest BCUT2D eigenvalue weighted by atomic mass is 10.1. The van der Waals surface area contributed by atoms with Crippen molar-refractivity contribution in [2.45, 2.75) is 44.6 Å². The van der Waals surface area contributed by atoms with Gasteiger partial charge in [-0.05, 0) is 48.7 Å². The third kappa shape index (κ3) is 7.01. The fraction of sp³-hybridized carbons (Fsp3) is 0.452. The summed E-state index contributed by atoms with van der Waals surface area (Å²) in [5, 5.41) is 4.50. The number of nitrogens with one attached hydrogen (secondary N) is 1. The third-order valence-corrected chi connectivity index (χ3v) is 9.44. The molecule has 0 atom stereocenters. The van der Waals surface area contributed by atoms with Gasteiger partial charge in [-0.3, -0.25) is 14.4 Å². The van der Waals surface area contributed by atoms with E-state index in [2.05, 4.69) is 15.0 Å². The average molecular weight is 627 g/mol. The molecule has 2 aromatic heterocycles. The molecule has 1 aliphatic heterocycles. The van der Waals surface area contributed by atoms with Crippen LogP contribution in [0.4, 0.5) is 4.39 Å². The second kappa shape index (κ2) is 14.0. The van der Waals surface area contributed by atoms with Crippen molar-refractivity contribution < 1.29 is 22.3 Å². The standard InChI is InChI=1S/C31H39FN6O5S/c1-4-6-26-28-29(36(3)35-26)31(39)34-30(33-28)25-20-24(11-12-27(25)43-17-5-2)44(40,41)38(14-13-37-15-18-42-19-16-37)21-22-7-9-23(32)10-8-22/h7-12,20H,4-6,13-19,21H2,1-3H3,(H,33,34,39). The van der Waals surface area contributed by atoms with Gasteiger partial charge in [-0.2, -0.15) is 9.40 Å². The van der Waals surface area contributed by atoms with Crippen molar-refractivity contribution in [2.24, 2.45) is 7.05 Å². The summed E-state index contributed by atoms with van der Waals surface area (Å²) in [6.45, 7) is 7.82. The Bertz CT molecular complexity index is 1750. The predicted molar refractivity (Wildman–Crippen MR) is 166 cm³/mol. The first-order valence-corrected chi connectivity index (χ1v) is 16.4. The number of aromatic nitrogens is 4. The van der Waals surface area contributed by atoms with Gasteiger partial charge in [0.1, 0.15) is 22.9 Å². The van der Waals surface area contributed by atoms with Crippen LogP contribution in [0.25, 0.3) is 22.4 Å². The maximum absolute atomic E-state index is 14.3. The highest BCUT2D eigenvalue weighted by Crippen LogP contribution is 2.32. The van der Waals surface area contributed by atoms with Crippen LogP contribution in [0.2, 0.25) is 0 Å². The van der Waals surface area contributed by atoms with Gasteiger partial charge in [-0.25, -0.2) is 17.8 Å². The van der Waals surface area contributed by atoms with Crippen LogP contribution in [0.5, 0.6) is 5.75 Å². The molecule has 4 aromatic rings. The van der Waals surface area contributed by atoms with Crippen LogP contribution < -0.4 is 10.3 Å². The number of hydrogen-bond donors (Lipinski definition) is 1. The molecule has 1 saturated heterocycles. The molecule has 13 heteroatoms. The third-order valence-electron chi connectivity index (χ3n) is 7.60. The summed E-state index contributed by atoms with van der Waals surface area (Å²) in [6, 6.07) is 10.5. The molecule has 236 valence electrons. The number of rotatable bonds is 13. The Morgan fingerprint density at radius 1 is 1.09 bits per heavy atom. The SMILES string of the molecule is CCCOc1ccc(S(=O)(=O)N(CCN2CCOCC2)Cc2ccc(F)cc2)cc1-c1nc2c(CCC)nn(C)c2c(=O)[nH]1. The molecule has 0 spiro atoms. The van der Waals surface area contributed by atoms with Crippen molar-refractivity contribution in [3.8, 4) is 17.1 Å². The van der Waals surface area contributed by atoms with Crippen LogP contribution in [0.1, 0.15) is 37.9 Å². The van der Waals surface area contributed by atoms with E-state index in [1.165, 1.54) is 33.3 Å². The van der Waals surface area contributed by atoms with Crippen LogP contribution in [0.3, 0.4) is 0 Å². The lowest BCUT2D eigenvalue weighted by Crippen LogP contribution is -2.42. The predicted octanol–water partition coefficient (Wildman–Crippen LogP) is 3.73. The molecular weight excluding hydrogens is 587 g/mol. The summed E-state index contributed by atoms with van der Waals surface area (Å²) in [7, 11) is -2.35. The first-order chi connectivity index (χ1) is 21.2. The fourth-order valence-corrected chi connectivity index (χ4v) is 6.72. The summed E-state index contributed by atoms with van der Waals surface area (Å²) in [4.78, 5) is 23.0. The monoisotopic (exact) mass is 626 g/mol. The number of H-pyrrole nitrogens is 1. The van der Waals surface area contributed by atoms with E-state index < -0.39 is 15.8 Å². The fourth-order valence-electron chi connectivity index (χ4n) is 5.28. The van der Waals surface area contributed by atoms with Crippen molar-refractivity contribution in [1.82, 2.24) is 29.0 Å². The molecule has 0 aliphatic carbocycles. The smallest absolute Gasteiger partial charge is 0.277 e. The van der Waals surface area contributed by atoms with E-state index in [0.717, 1.165) is 12.8 Å². The quantitative estimate of drug-likeness (QED) is 0.238. The first kappa shape index (κ1) is 31.8. The molecule has 0 saturated carbocycles. The zero-order chi connectivity index (χ0) is 31.3. The molecule has 0 bridgehead atoms. The summed E-state index contributed by atoms with van der Waals surface area (Å²) in [6.07, 6.45) is 2.20. The van der Waals surface area contributed by atoms with Crippen molar-refractivity contribution in [1.29, 1.82) is 0 Å².